The molecule has 2 saturated heterocycles. The first-order chi connectivity index (χ1) is 12.2. The Balaban J connectivity index is 1.31. The zero-order valence-corrected chi connectivity index (χ0v) is 14.4. The fraction of sp³-hybridized carbons (Fsp3) is 0.579. The van der Waals surface area contributed by atoms with Gasteiger partial charge in [0.25, 0.3) is 0 Å². The Kier molecular flexibility index (Phi) is 4.51. The molecule has 1 atom stereocenters. The van der Waals surface area contributed by atoms with Crippen LogP contribution in [0.3, 0.4) is 0 Å². The zero-order chi connectivity index (χ0) is 17.2. The molecule has 1 unspecified atom stereocenters. The molecule has 0 aromatic heterocycles. The number of piperazine rings is 1. The minimum atomic E-state index is -0.0940. The lowest BCUT2D eigenvalue weighted by atomic mass is 10.1. The van der Waals surface area contributed by atoms with Gasteiger partial charge < -0.3 is 19.9 Å². The number of ether oxygens (including phenoxy) is 1. The van der Waals surface area contributed by atoms with Crippen molar-refractivity contribution >= 4 is 17.6 Å². The summed E-state index contributed by atoms with van der Waals surface area (Å²) in [7, 11) is 0. The Morgan fingerprint density at radius 3 is 2.60 bits per heavy atom. The molecule has 4 rings (SSSR count). The number of carbonyl (C=O) groups excluding carboxylic acids is 2. The zero-order valence-electron chi connectivity index (χ0n) is 14.4. The number of hydrogen-bond acceptors (Lipinski definition) is 3. The lowest BCUT2D eigenvalue weighted by molar-refractivity contribution is -0.130. The van der Waals surface area contributed by atoms with Crippen LogP contribution in [-0.4, -0.2) is 53.5 Å². The number of anilines is 1. The van der Waals surface area contributed by atoms with Gasteiger partial charge >= 0.3 is 6.03 Å². The van der Waals surface area contributed by atoms with Gasteiger partial charge in [0.05, 0.1) is 6.10 Å². The van der Waals surface area contributed by atoms with Crippen molar-refractivity contribution in [3.63, 3.8) is 0 Å². The summed E-state index contributed by atoms with van der Waals surface area (Å²) in [6, 6.07) is 7.70. The lowest BCUT2D eigenvalue weighted by Gasteiger charge is -2.37. The van der Waals surface area contributed by atoms with Gasteiger partial charge in [0.1, 0.15) is 5.75 Å². The SMILES string of the molecule is O=C(Nc1ccc(OC2CCCC2)cc1)N1CCN2C(=O)CCC2C1. The van der Waals surface area contributed by atoms with E-state index in [0.717, 1.165) is 30.7 Å². The molecule has 1 saturated carbocycles. The van der Waals surface area contributed by atoms with E-state index < -0.39 is 0 Å². The van der Waals surface area contributed by atoms with E-state index in [9.17, 15) is 9.59 Å². The normalized spacial score (nSPS) is 23.7. The molecule has 3 fully saturated rings. The highest BCUT2D eigenvalue weighted by atomic mass is 16.5. The predicted molar refractivity (Wildman–Crippen MR) is 94.7 cm³/mol. The van der Waals surface area contributed by atoms with E-state index >= 15 is 0 Å². The van der Waals surface area contributed by atoms with Crippen LogP contribution in [0.2, 0.25) is 0 Å². The van der Waals surface area contributed by atoms with Gasteiger partial charge in [0, 0.05) is 37.8 Å². The van der Waals surface area contributed by atoms with Crippen molar-refractivity contribution in [2.24, 2.45) is 0 Å². The van der Waals surface area contributed by atoms with E-state index in [-0.39, 0.29) is 18.0 Å². The van der Waals surface area contributed by atoms with Crippen LogP contribution in [0.5, 0.6) is 5.75 Å². The second-order valence-electron chi connectivity index (χ2n) is 7.20. The number of benzene rings is 1. The number of amides is 3. The van der Waals surface area contributed by atoms with Gasteiger partial charge in [0.15, 0.2) is 0 Å². The van der Waals surface area contributed by atoms with Crippen LogP contribution >= 0.6 is 0 Å². The summed E-state index contributed by atoms with van der Waals surface area (Å²) in [5.74, 6) is 1.09. The third kappa shape index (κ3) is 3.57. The maximum atomic E-state index is 12.5. The number of urea groups is 1. The van der Waals surface area contributed by atoms with Crippen molar-refractivity contribution in [3.8, 4) is 5.75 Å². The molecular formula is C19H25N3O3. The maximum absolute atomic E-state index is 12.5. The van der Waals surface area contributed by atoms with Crippen LogP contribution in [0.4, 0.5) is 10.5 Å². The van der Waals surface area contributed by atoms with Crippen LogP contribution in [0, 0.1) is 0 Å². The highest BCUT2D eigenvalue weighted by Crippen LogP contribution is 2.26. The van der Waals surface area contributed by atoms with Crippen LogP contribution in [0.15, 0.2) is 24.3 Å². The van der Waals surface area contributed by atoms with Crippen molar-refractivity contribution < 1.29 is 14.3 Å². The summed E-state index contributed by atoms with van der Waals surface area (Å²) >= 11 is 0. The van der Waals surface area contributed by atoms with Crippen molar-refractivity contribution in [2.45, 2.75) is 50.7 Å². The van der Waals surface area contributed by atoms with Gasteiger partial charge in [-0.2, -0.15) is 0 Å². The van der Waals surface area contributed by atoms with Crippen LogP contribution in [-0.2, 0) is 4.79 Å². The molecule has 6 nitrogen and oxygen atoms in total. The third-order valence-corrected chi connectivity index (χ3v) is 5.49. The first kappa shape index (κ1) is 16.2. The van der Waals surface area contributed by atoms with Crippen molar-refractivity contribution in [1.82, 2.24) is 9.80 Å². The van der Waals surface area contributed by atoms with Gasteiger partial charge in [-0.05, 0) is 56.4 Å². The molecule has 2 heterocycles. The van der Waals surface area contributed by atoms with Crippen LogP contribution in [0.1, 0.15) is 38.5 Å². The van der Waals surface area contributed by atoms with E-state index in [4.69, 9.17) is 4.74 Å². The number of nitrogens with one attached hydrogen (secondary N) is 1. The third-order valence-electron chi connectivity index (χ3n) is 5.49. The molecule has 1 aliphatic carbocycles. The van der Waals surface area contributed by atoms with Crippen molar-refractivity contribution in [3.05, 3.63) is 24.3 Å². The summed E-state index contributed by atoms with van der Waals surface area (Å²) in [6.45, 7) is 1.86. The van der Waals surface area contributed by atoms with E-state index in [1.807, 2.05) is 34.1 Å². The first-order valence-electron chi connectivity index (χ1n) is 9.31. The topological polar surface area (TPSA) is 61.9 Å². The van der Waals surface area contributed by atoms with Gasteiger partial charge in [-0.25, -0.2) is 4.79 Å². The largest absolute Gasteiger partial charge is 0.490 e. The maximum Gasteiger partial charge on any atom is 0.321 e. The number of hydrogen-bond donors (Lipinski definition) is 1. The molecule has 2 aliphatic heterocycles. The Morgan fingerprint density at radius 2 is 1.84 bits per heavy atom. The highest BCUT2D eigenvalue weighted by Gasteiger charge is 2.36. The molecule has 1 aromatic rings. The standard InChI is InChI=1S/C19H25N3O3/c23-18-10-7-15-13-21(11-12-22(15)18)19(24)20-14-5-8-17(9-6-14)25-16-3-1-2-4-16/h5-6,8-9,15-16H,1-4,7,10-13H2,(H,20,24). The summed E-state index contributed by atoms with van der Waals surface area (Å²) in [5, 5.41) is 2.95. The molecule has 1 N–H and O–H groups in total. The van der Waals surface area contributed by atoms with E-state index in [0.29, 0.717) is 32.2 Å². The molecular weight excluding hydrogens is 318 g/mol. The highest BCUT2D eigenvalue weighted by molar-refractivity contribution is 5.89. The van der Waals surface area contributed by atoms with Gasteiger partial charge in [-0.15, -0.1) is 0 Å². The predicted octanol–water partition coefficient (Wildman–Crippen LogP) is 2.85. The van der Waals surface area contributed by atoms with E-state index in [2.05, 4.69) is 5.32 Å². The fourth-order valence-electron chi connectivity index (χ4n) is 4.07. The molecule has 0 bridgehead atoms. The minimum absolute atomic E-state index is 0.0940. The summed E-state index contributed by atoms with van der Waals surface area (Å²) in [4.78, 5) is 27.9. The molecule has 3 aliphatic rings. The number of rotatable bonds is 3. The average Bonchev–Trinajstić information content (AvgIpc) is 3.26. The average molecular weight is 343 g/mol. The molecule has 1 aromatic carbocycles. The summed E-state index contributed by atoms with van der Waals surface area (Å²) in [5.41, 5.74) is 0.772. The molecule has 0 spiro atoms. The quantitative estimate of drug-likeness (QED) is 0.918. The Hall–Kier alpha value is -2.24. The molecule has 25 heavy (non-hydrogen) atoms. The minimum Gasteiger partial charge on any atom is -0.490 e. The second kappa shape index (κ2) is 6.94. The molecule has 134 valence electrons. The molecule has 6 heteroatoms. The van der Waals surface area contributed by atoms with Crippen molar-refractivity contribution in [2.75, 3.05) is 25.0 Å². The Bertz CT molecular complexity index is 640. The first-order valence-corrected chi connectivity index (χ1v) is 9.31. The van der Waals surface area contributed by atoms with Crippen LogP contribution in [0.25, 0.3) is 0 Å². The summed E-state index contributed by atoms with van der Waals surface area (Å²) < 4.78 is 5.95. The van der Waals surface area contributed by atoms with Crippen LogP contribution < -0.4 is 10.1 Å². The van der Waals surface area contributed by atoms with E-state index in [1.165, 1.54) is 12.8 Å². The smallest absolute Gasteiger partial charge is 0.321 e. The van der Waals surface area contributed by atoms with Gasteiger partial charge in [-0.1, -0.05) is 0 Å². The van der Waals surface area contributed by atoms with Gasteiger partial charge in [0.2, 0.25) is 5.91 Å². The second-order valence-corrected chi connectivity index (χ2v) is 7.20. The van der Waals surface area contributed by atoms with Crippen molar-refractivity contribution in [1.29, 1.82) is 0 Å². The lowest BCUT2D eigenvalue weighted by Crippen LogP contribution is -2.54. The molecule has 0 radical (unpaired) electrons. The number of fused-ring (bicyclic) bond motifs is 1. The summed E-state index contributed by atoms with van der Waals surface area (Å²) in [6.07, 6.45) is 6.57. The number of carbonyl (C=O) groups is 2. The number of nitrogens with zero attached hydrogens (tertiary/aromatic N) is 2. The van der Waals surface area contributed by atoms with Gasteiger partial charge in [-0.3, -0.25) is 4.79 Å². The van der Waals surface area contributed by atoms with E-state index in [1.54, 1.807) is 0 Å². The Morgan fingerprint density at radius 1 is 1.08 bits per heavy atom. The Labute approximate surface area is 148 Å². The monoisotopic (exact) mass is 343 g/mol. The fourth-order valence-corrected chi connectivity index (χ4v) is 4.07. The molecule has 3 amide bonds.